The number of benzene rings is 1. The molecule has 1 heterocycles. The second kappa shape index (κ2) is 4.95. The quantitative estimate of drug-likeness (QED) is 0.812. The Labute approximate surface area is 99.1 Å². The van der Waals surface area contributed by atoms with E-state index < -0.39 is 6.03 Å². The maximum atomic E-state index is 12.9. The minimum absolute atomic E-state index is 0.381. The molecule has 1 aliphatic heterocycles. The van der Waals surface area contributed by atoms with Gasteiger partial charge in [-0.1, -0.05) is 6.07 Å². The summed E-state index contributed by atoms with van der Waals surface area (Å²) >= 11 is 0. The number of carbonyl (C=O) groups is 1. The van der Waals surface area contributed by atoms with Crippen LogP contribution in [0.3, 0.4) is 0 Å². The summed E-state index contributed by atoms with van der Waals surface area (Å²) in [5.41, 5.74) is 0.417. The van der Waals surface area contributed by atoms with Crippen LogP contribution in [0.25, 0.3) is 0 Å². The van der Waals surface area contributed by atoms with E-state index in [0.29, 0.717) is 5.69 Å². The van der Waals surface area contributed by atoms with Gasteiger partial charge in [-0.2, -0.15) is 4.99 Å². The minimum atomic E-state index is -0.459. The van der Waals surface area contributed by atoms with Crippen molar-refractivity contribution in [3.8, 4) is 0 Å². The standard InChI is InChI=1S/C12H14FN3O/c1-16-7-3-6-11(16)15-12(17)14-10-5-2-4-9(13)8-10/h2,4-5,8H,3,6-7H2,1H3,(H,14,17)/b15-11+. The Morgan fingerprint density at radius 2 is 2.35 bits per heavy atom. The Balaban J connectivity index is 2.02. The molecule has 0 spiro atoms. The highest BCUT2D eigenvalue weighted by Gasteiger charge is 2.15. The molecule has 0 aliphatic carbocycles. The van der Waals surface area contributed by atoms with Crippen molar-refractivity contribution in [1.29, 1.82) is 0 Å². The van der Waals surface area contributed by atoms with Gasteiger partial charge in [0, 0.05) is 25.7 Å². The van der Waals surface area contributed by atoms with Gasteiger partial charge in [0.05, 0.1) is 0 Å². The smallest absolute Gasteiger partial charge is 0.347 e. The fraction of sp³-hybridized carbons (Fsp3) is 0.333. The summed E-state index contributed by atoms with van der Waals surface area (Å²) in [6.45, 7) is 0.923. The molecule has 1 aromatic carbocycles. The largest absolute Gasteiger partial charge is 0.363 e. The van der Waals surface area contributed by atoms with Gasteiger partial charge in [0.1, 0.15) is 11.7 Å². The third-order valence-electron chi connectivity index (χ3n) is 2.64. The first-order valence-electron chi connectivity index (χ1n) is 5.50. The van der Waals surface area contributed by atoms with Crippen molar-refractivity contribution in [3.63, 3.8) is 0 Å². The normalized spacial score (nSPS) is 17.5. The number of aliphatic imine (C=N–C) groups is 1. The molecule has 1 fully saturated rings. The molecule has 4 nitrogen and oxygen atoms in total. The molecule has 0 radical (unpaired) electrons. The van der Waals surface area contributed by atoms with Gasteiger partial charge in [0.15, 0.2) is 0 Å². The predicted octanol–water partition coefficient (Wildman–Crippen LogP) is 2.48. The van der Waals surface area contributed by atoms with E-state index in [2.05, 4.69) is 10.3 Å². The van der Waals surface area contributed by atoms with E-state index in [1.165, 1.54) is 12.1 Å². The van der Waals surface area contributed by atoms with Crippen LogP contribution in [-0.4, -0.2) is 30.4 Å². The number of nitrogens with one attached hydrogen (secondary N) is 1. The average molecular weight is 235 g/mol. The fourth-order valence-electron chi connectivity index (χ4n) is 1.77. The van der Waals surface area contributed by atoms with Crippen LogP contribution in [0.5, 0.6) is 0 Å². The number of halogens is 1. The second-order valence-corrected chi connectivity index (χ2v) is 3.99. The van der Waals surface area contributed by atoms with Crippen LogP contribution in [-0.2, 0) is 0 Å². The number of amidine groups is 1. The van der Waals surface area contributed by atoms with Crippen LogP contribution in [0.4, 0.5) is 14.9 Å². The molecule has 17 heavy (non-hydrogen) atoms. The lowest BCUT2D eigenvalue weighted by atomic mass is 10.3. The van der Waals surface area contributed by atoms with E-state index in [1.54, 1.807) is 12.1 Å². The van der Waals surface area contributed by atoms with E-state index in [0.717, 1.165) is 25.2 Å². The van der Waals surface area contributed by atoms with Gasteiger partial charge in [-0.3, -0.25) is 0 Å². The van der Waals surface area contributed by atoms with Crippen molar-refractivity contribution in [2.24, 2.45) is 4.99 Å². The molecular weight excluding hydrogens is 221 g/mol. The van der Waals surface area contributed by atoms with Crippen LogP contribution in [0.1, 0.15) is 12.8 Å². The maximum Gasteiger partial charge on any atom is 0.347 e. The van der Waals surface area contributed by atoms with E-state index in [9.17, 15) is 9.18 Å². The Bertz CT molecular complexity index is 459. The van der Waals surface area contributed by atoms with Crippen molar-refractivity contribution in [2.45, 2.75) is 12.8 Å². The molecule has 0 aromatic heterocycles. The number of hydrogen-bond acceptors (Lipinski definition) is 1. The molecular formula is C12H14FN3O. The summed E-state index contributed by atoms with van der Waals surface area (Å²) in [5.74, 6) is 0.396. The highest BCUT2D eigenvalue weighted by Crippen LogP contribution is 2.11. The summed E-state index contributed by atoms with van der Waals surface area (Å²) in [6, 6.07) is 5.29. The highest BCUT2D eigenvalue weighted by atomic mass is 19.1. The number of likely N-dealkylation sites (tertiary alicyclic amines) is 1. The van der Waals surface area contributed by atoms with Gasteiger partial charge >= 0.3 is 6.03 Å². The number of rotatable bonds is 1. The molecule has 2 amide bonds. The van der Waals surface area contributed by atoms with E-state index in [4.69, 9.17) is 0 Å². The number of urea groups is 1. The highest BCUT2D eigenvalue weighted by molar-refractivity contribution is 6.00. The van der Waals surface area contributed by atoms with Gasteiger partial charge in [0.25, 0.3) is 0 Å². The van der Waals surface area contributed by atoms with Crippen LogP contribution in [0, 0.1) is 5.82 Å². The molecule has 90 valence electrons. The zero-order valence-electron chi connectivity index (χ0n) is 9.61. The number of nitrogens with zero attached hydrogens (tertiary/aromatic N) is 2. The Morgan fingerprint density at radius 3 is 3.00 bits per heavy atom. The van der Waals surface area contributed by atoms with Crippen LogP contribution in [0.2, 0.25) is 0 Å². The number of anilines is 1. The van der Waals surface area contributed by atoms with Crippen molar-refractivity contribution in [1.82, 2.24) is 4.90 Å². The van der Waals surface area contributed by atoms with Gasteiger partial charge in [-0.15, -0.1) is 0 Å². The summed E-state index contributed by atoms with van der Waals surface area (Å²) in [6.07, 6.45) is 1.83. The molecule has 0 atom stereocenters. The third kappa shape index (κ3) is 3.03. The van der Waals surface area contributed by atoms with E-state index >= 15 is 0 Å². The average Bonchev–Trinajstić information content (AvgIpc) is 2.64. The topological polar surface area (TPSA) is 44.7 Å². The molecule has 1 N–H and O–H groups in total. The van der Waals surface area contributed by atoms with E-state index in [1.807, 2.05) is 11.9 Å². The molecule has 1 aromatic rings. The molecule has 0 unspecified atom stereocenters. The summed E-state index contributed by atoms with van der Waals surface area (Å²) < 4.78 is 12.9. The summed E-state index contributed by atoms with van der Waals surface area (Å²) in [4.78, 5) is 17.5. The SMILES string of the molecule is CN1CCC/C1=N\C(=O)Nc1cccc(F)c1. The lowest BCUT2D eigenvalue weighted by Crippen LogP contribution is -2.21. The molecule has 2 rings (SSSR count). The Kier molecular flexibility index (Phi) is 3.37. The summed E-state index contributed by atoms with van der Waals surface area (Å²) in [5, 5.41) is 2.54. The van der Waals surface area contributed by atoms with Crippen molar-refractivity contribution in [2.75, 3.05) is 18.9 Å². The molecule has 1 aliphatic rings. The molecule has 0 saturated carbocycles. The molecule has 1 saturated heterocycles. The van der Waals surface area contributed by atoms with Crippen LogP contribution < -0.4 is 5.32 Å². The summed E-state index contributed by atoms with van der Waals surface area (Å²) in [7, 11) is 1.90. The van der Waals surface area contributed by atoms with Gasteiger partial charge in [0.2, 0.25) is 0 Å². The van der Waals surface area contributed by atoms with Crippen molar-refractivity contribution < 1.29 is 9.18 Å². The van der Waals surface area contributed by atoms with Crippen molar-refractivity contribution in [3.05, 3.63) is 30.1 Å². The predicted molar refractivity (Wildman–Crippen MR) is 64.7 cm³/mol. The number of hydrogen-bond donors (Lipinski definition) is 1. The molecule has 5 heteroatoms. The fourth-order valence-corrected chi connectivity index (χ4v) is 1.77. The third-order valence-corrected chi connectivity index (χ3v) is 2.64. The van der Waals surface area contributed by atoms with Crippen molar-refractivity contribution >= 4 is 17.6 Å². The lowest BCUT2D eigenvalue weighted by molar-refractivity contribution is 0.259. The van der Waals surface area contributed by atoms with Gasteiger partial charge < -0.3 is 10.2 Å². The first-order valence-corrected chi connectivity index (χ1v) is 5.50. The lowest BCUT2D eigenvalue weighted by Gasteiger charge is -2.10. The first-order chi connectivity index (χ1) is 8.15. The first kappa shape index (κ1) is 11.6. The van der Waals surface area contributed by atoms with Crippen LogP contribution >= 0.6 is 0 Å². The second-order valence-electron chi connectivity index (χ2n) is 3.99. The zero-order valence-corrected chi connectivity index (χ0v) is 9.61. The molecule has 0 bridgehead atoms. The Morgan fingerprint density at radius 1 is 1.53 bits per heavy atom. The zero-order chi connectivity index (χ0) is 12.3. The maximum absolute atomic E-state index is 12.9. The number of amides is 2. The van der Waals surface area contributed by atoms with Gasteiger partial charge in [-0.05, 0) is 24.6 Å². The monoisotopic (exact) mass is 235 g/mol. The van der Waals surface area contributed by atoms with Crippen LogP contribution in [0.15, 0.2) is 29.3 Å². The minimum Gasteiger partial charge on any atom is -0.363 e. The van der Waals surface area contributed by atoms with Gasteiger partial charge in [-0.25, -0.2) is 9.18 Å². The van der Waals surface area contributed by atoms with E-state index in [-0.39, 0.29) is 5.82 Å². The number of carbonyl (C=O) groups excluding carboxylic acids is 1. The Hall–Kier alpha value is -1.91.